The summed E-state index contributed by atoms with van der Waals surface area (Å²) in [6.07, 6.45) is -4.60. The SMILES string of the molecule is O=C(Nc1ccc(Cl)c(C(F)(F)F)c1)c1cc2ccccc2o1. The van der Waals surface area contributed by atoms with E-state index >= 15 is 0 Å². The molecule has 0 bridgehead atoms. The lowest BCUT2D eigenvalue weighted by atomic mass is 10.2. The number of fused-ring (bicyclic) bond motifs is 1. The molecule has 0 radical (unpaired) electrons. The number of para-hydroxylation sites is 1. The highest BCUT2D eigenvalue weighted by molar-refractivity contribution is 6.31. The number of rotatable bonds is 2. The van der Waals surface area contributed by atoms with Crippen LogP contribution in [0.25, 0.3) is 11.0 Å². The number of furan rings is 1. The molecule has 0 aliphatic rings. The van der Waals surface area contributed by atoms with Crippen LogP contribution in [0, 0.1) is 0 Å². The third-order valence-corrected chi connectivity index (χ3v) is 3.51. The van der Waals surface area contributed by atoms with Crippen molar-refractivity contribution in [2.75, 3.05) is 5.32 Å². The molecule has 0 spiro atoms. The van der Waals surface area contributed by atoms with Gasteiger partial charge in [-0.1, -0.05) is 29.8 Å². The number of nitrogens with one attached hydrogen (secondary N) is 1. The Morgan fingerprint density at radius 2 is 1.83 bits per heavy atom. The summed E-state index contributed by atoms with van der Waals surface area (Å²) in [4.78, 5) is 12.1. The fourth-order valence-corrected chi connectivity index (χ4v) is 2.33. The lowest BCUT2D eigenvalue weighted by Gasteiger charge is -2.11. The van der Waals surface area contributed by atoms with Gasteiger partial charge in [0.2, 0.25) is 0 Å². The molecular weight excluding hydrogens is 331 g/mol. The third kappa shape index (κ3) is 3.17. The Balaban J connectivity index is 1.88. The topological polar surface area (TPSA) is 42.2 Å². The number of alkyl halides is 3. The second-order valence-corrected chi connectivity index (χ2v) is 5.20. The molecule has 1 aromatic heterocycles. The normalized spacial score (nSPS) is 11.7. The van der Waals surface area contributed by atoms with Gasteiger partial charge in [0.15, 0.2) is 5.76 Å². The molecule has 0 aliphatic heterocycles. The van der Waals surface area contributed by atoms with Crippen molar-refractivity contribution in [1.82, 2.24) is 0 Å². The summed E-state index contributed by atoms with van der Waals surface area (Å²) in [7, 11) is 0. The standard InChI is InChI=1S/C16H9ClF3NO2/c17-12-6-5-10(8-11(12)16(18,19)20)21-15(22)14-7-9-3-1-2-4-13(9)23-14/h1-8H,(H,21,22). The van der Waals surface area contributed by atoms with Crippen LogP contribution in [0.4, 0.5) is 18.9 Å². The van der Waals surface area contributed by atoms with Crippen LogP contribution in [0.2, 0.25) is 5.02 Å². The first kappa shape index (κ1) is 15.4. The maximum atomic E-state index is 12.8. The zero-order valence-corrected chi connectivity index (χ0v) is 12.2. The molecule has 1 heterocycles. The molecule has 118 valence electrons. The van der Waals surface area contributed by atoms with Gasteiger partial charge in [0.25, 0.3) is 5.91 Å². The summed E-state index contributed by atoms with van der Waals surface area (Å²) in [5.74, 6) is -0.633. The highest BCUT2D eigenvalue weighted by atomic mass is 35.5. The van der Waals surface area contributed by atoms with E-state index in [1.807, 2.05) is 0 Å². The molecule has 3 aromatic rings. The quantitative estimate of drug-likeness (QED) is 0.683. The lowest BCUT2D eigenvalue weighted by Crippen LogP contribution is -2.12. The maximum Gasteiger partial charge on any atom is 0.417 e. The van der Waals surface area contributed by atoms with Gasteiger partial charge >= 0.3 is 6.18 Å². The largest absolute Gasteiger partial charge is 0.451 e. The van der Waals surface area contributed by atoms with Crippen molar-refractivity contribution < 1.29 is 22.4 Å². The van der Waals surface area contributed by atoms with Crippen LogP contribution < -0.4 is 5.32 Å². The number of anilines is 1. The fraction of sp³-hybridized carbons (Fsp3) is 0.0625. The molecule has 0 atom stereocenters. The fourth-order valence-electron chi connectivity index (χ4n) is 2.11. The van der Waals surface area contributed by atoms with E-state index in [2.05, 4.69) is 5.32 Å². The van der Waals surface area contributed by atoms with Crippen molar-refractivity contribution in [3.05, 3.63) is 64.9 Å². The minimum absolute atomic E-state index is 0.00899. The average Bonchev–Trinajstić information content (AvgIpc) is 2.92. The molecular formula is C16H9ClF3NO2. The first-order valence-corrected chi connectivity index (χ1v) is 6.89. The van der Waals surface area contributed by atoms with Gasteiger partial charge in [-0.25, -0.2) is 0 Å². The van der Waals surface area contributed by atoms with E-state index in [-0.39, 0.29) is 11.4 Å². The predicted molar refractivity (Wildman–Crippen MR) is 80.6 cm³/mol. The van der Waals surface area contributed by atoms with Gasteiger partial charge in [-0.2, -0.15) is 13.2 Å². The molecule has 0 saturated carbocycles. The van der Waals surface area contributed by atoms with Crippen molar-refractivity contribution in [3.63, 3.8) is 0 Å². The second kappa shape index (κ2) is 5.62. The number of carbonyl (C=O) groups is 1. The highest BCUT2D eigenvalue weighted by Gasteiger charge is 2.33. The Labute approximate surface area is 133 Å². The van der Waals surface area contributed by atoms with E-state index in [1.54, 1.807) is 24.3 Å². The van der Waals surface area contributed by atoms with E-state index in [9.17, 15) is 18.0 Å². The summed E-state index contributed by atoms with van der Waals surface area (Å²) >= 11 is 5.54. The van der Waals surface area contributed by atoms with Crippen LogP contribution in [-0.4, -0.2) is 5.91 Å². The van der Waals surface area contributed by atoms with Crippen LogP contribution in [0.5, 0.6) is 0 Å². The summed E-state index contributed by atoms with van der Waals surface area (Å²) in [6.45, 7) is 0. The van der Waals surface area contributed by atoms with Gasteiger partial charge in [-0.3, -0.25) is 4.79 Å². The number of hydrogen-bond acceptors (Lipinski definition) is 2. The minimum Gasteiger partial charge on any atom is -0.451 e. The van der Waals surface area contributed by atoms with Crippen LogP contribution in [0.1, 0.15) is 16.1 Å². The van der Waals surface area contributed by atoms with Crippen molar-refractivity contribution in [1.29, 1.82) is 0 Å². The number of hydrogen-bond donors (Lipinski definition) is 1. The first-order valence-electron chi connectivity index (χ1n) is 6.51. The molecule has 3 rings (SSSR count). The molecule has 3 nitrogen and oxygen atoms in total. The average molecular weight is 340 g/mol. The number of carbonyl (C=O) groups excluding carboxylic acids is 1. The Kier molecular flexibility index (Phi) is 3.77. The van der Waals surface area contributed by atoms with E-state index in [0.29, 0.717) is 5.58 Å². The van der Waals surface area contributed by atoms with Crippen LogP contribution in [-0.2, 0) is 6.18 Å². The highest BCUT2D eigenvalue weighted by Crippen LogP contribution is 2.36. The summed E-state index contributed by atoms with van der Waals surface area (Å²) in [5.41, 5.74) is -0.515. The number of benzene rings is 2. The third-order valence-electron chi connectivity index (χ3n) is 3.18. The number of halogens is 4. The molecule has 2 aromatic carbocycles. The van der Waals surface area contributed by atoms with Crippen molar-refractivity contribution in [3.8, 4) is 0 Å². The monoisotopic (exact) mass is 339 g/mol. The molecule has 23 heavy (non-hydrogen) atoms. The lowest BCUT2D eigenvalue weighted by molar-refractivity contribution is -0.137. The Bertz CT molecular complexity index is 853. The molecule has 1 amide bonds. The Morgan fingerprint density at radius 1 is 1.09 bits per heavy atom. The van der Waals surface area contributed by atoms with Crippen molar-refractivity contribution in [2.24, 2.45) is 0 Å². The molecule has 0 unspecified atom stereocenters. The summed E-state index contributed by atoms with van der Waals surface area (Å²) in [6, 6.07) is 11.7. The molecule has 1 N–H and O–H groups in total. The molecule has 0 fully saturated rings. The molecule has 0 aliphatic carbocycles. The Hall–Kier alpha value is -2.47. The van der Waals surface area contributed by atoms with Gasteiger partial charge < -0.3 is 9.73 Å². The molecule has 7 heteroatoms. The van der Waals surface area contributed by atoms with E-state index < -0.39 is 22.7 Å². The van der Waals surface area contributed by atoms with E-state index in [4.69, 9.17) is 16.0 Å². The minimum atomic E-state index is -4.60. The zero-order chi connectivity index (χ0) is 16.6. The Morgan fingerprint density at radius 3 is 2.52 bits per heavy atom. The maximum absolute atomic E-state index is 12.8. The number of amides is 1. The van der Waals surface area contributed by atoms with Gasteiger partial charge in [0.1, 0.15) is 5.58 Å². The van der Waals surface area contributed by atoms with Gasteiger partial charge in [0, 0.05) is 11.1 Å². The van der Waals surface area contributed by atoms with Crippen LogP contribution >= 0.6 is 11.6 Å². The predicted octanol–water partition coefficient (Wildman–Crippen LogP) is 5.36. The van der Waals surface area contributed by atoms with E-state index in [0.717, 1.165) is 17.5 Å². The van der Waals surface area contributed by atoms with Crippen LogP contribution in [0.15, 0.2) is 52.9 Å². The van der Waals surface area contributed by atoms with Crippen LogP contribution in [0.3, 0.4) is 0 Å². The van der Waals surface area contributed by atoms with Gasteiger partial charge in [-0.15, -0.1) is 0 Å². The molecule has 0 saturated heterocycles. The van der Waals surface area contributed by atoms with Gasteiger partial charge in [-0.05, 0) is 30.3 Å². The summed E-state index contributed by atoms with van der Waals surface area (Å²) < 4.78 is 43.8. The summed E-state index contributed by atoms with van der Waals surface area (Å²) in [5, 5.41) is 2.66. The smallest absolute Gasteiger partial charge is 0.417 e. The van der Waals surface area contributed by atoms with E-state index in [1.165, 1.54) is 12.1 Å². The van der Waals surface area contributed by atoms with Gasteiger partial charge in [0.05, 0.1) is 10.6 Å². The first-order chi connectivity index (χ1) is 10.8. The zero-order valence-electron chi connectivity index (χ0n) is 11.4. The van der Waals surface area contributed by atoms with Crippen molar-refractivity contribution in [2.45, 2.75) is 6.18 Å². The second-order valence-electron chi connectivity index (χ2n) is 4.79. The van der Waals surface area contributed by atoms with Crippen molar-refractivity contribution >= 4 is 34.2 Å².